The molecule has 1 aromatic heterocycles. The molecule has 1 atom stereocenters. The van der Waals surface area contributed by atoms with Gasteiger partial charge in [0, 0.05) is 0 Å². The Bertz CT molecular complexity index is 1190. The number of nitrogens with one attached hydrogen (secondary N) is 1. The van der Waals surface area contributed by atoms with Crippen molar-refractivity contribution in [2.75, 3.05) is 5.32 Å². The molecule has 0 aliphatic rings. The number of nitrogens with zero attached hydrogens (tertiary/aromatic N) is 1. The summed E-state index contributed by atoms with van der Waals surface area (Å²) in [7, 11) is 0. The Morgan fingerprint density at radius 2 is 1.52 bits per heavy atom. The molecule has 6 heteroatoms. The summed E-state index contributed by atoms with van der Waals surface area (Å²) in [5.41, 5.74) is 6.92. The number of anilines is 1. The molecule has 1 amide bonds. The van der Waals surface area contributed by atoms with Crippen LogP contribution in [-0.2, 0) is 4.74 Å². The fraction of sp³-hybridized carbons (Fsp3) is 0.148. The van der Waals surface area contributed by atoms with Gasteiger partial charge in [-0.3, -0.25) is 5.32 Å². The van der Waals surface area contributed by atoms with Crippen LogP contribution in [-0.4, -0.2) is 10.5 Å². The number of carbonyl (C=O) groups excluding carboxylic acids is 1. The van der Waals surface area contributed by atoms with Gasteiger partial charge >= 0.3 is 35.7 Å². The zero-order valence-electron chi connectivity index (χ0n) is 19.3. The minimum Gasteiger partial charge on any atom is -0.441 e. The third kappa shape index (κ3) is 6.06. The predicted molar refractivity (Wildman–Crippen MR) is 132 cm³/mol. The molecular formula is C27H25N2NaO2S. The van der Waals surface area contributed by atoms with Gasteiger partial charge in [0.05, 0.1) is 16.3 Å². The number of carbonyl (C=O) groups is 1. The van der Waals surface area contributed by atoms with Crippen molar-refractivity contribution in [1.29, 1.82) is 0 Å². The van der Waals surface area contributed by atoms with Crippen LogP contribution in [0.4, 0.5) is 10.5 Å². The van der Waals surface area contributed by atoms with E-state index in [2.05, 4.69) is 64.6 Å². The van der Waals surface area contributed by atoms with E-state index in [-0.39, 0.29) is 35.7 Å². The first-order valence-corrected chi connectivity index (χ1v) is 11.3. The molecule has 1 heterocycles. The van der Waals surface area contributed by atoms with Crippen LogP contribution in [0.3, 0.4) is 0 Å². The first-order chi connectivity index (χ1) is 15.5. The first kappa shape index (κ1) is 25.1. The van der Waals surface area contributed by atoms with Crippen molar-refractivity contribution in [2.24, 2.45) is 0 Å². The molecule has 0 saturated carbocycles. The maximum absolute atomic E-state index is 12.6. The normalized spacial score (nSPS) is 11.2. The largest absolute Gasteiger partial charge is 1.00 e. The molecule has 162 valence electrons. The van der Waals surface area contributed by atoms with Gasteiger partial charge in [0.25, 0.3) is 0 Å². The molecule has 0 aliphatic heterocycles. The summed E-state index contributed by atoms with van der Waals surface area (Å²) in [5, 5.41) is 2.90. The van der Waals surface area contributed by atoms with Crippen LogP contribution in [0.15, 0.2) is 78.9 Å². The van der Waals surface area contributed by atoms with Crippen LogP contribution in [0.1, 0.15) is 36.8 Å². The Morgan fingerprint density at radius 3 is 2.12 bits per heavy atom. The average molecular weight is 465 g/mol. The van der Waals surface area contributed by atoms with E-state index in [1.807, 2.05) is 51.1 Å². The Hall–Kier alpha value is -2.57. The van der Waals surface area contributed by atoms with Gasteiger partial charge in [0.15, 0.2) is 0 Å². The van der Waals surface area contributed by atoms with Gasteiger partial charge < -0.3 is 4.74 Å². The molecule has 0 saturated heterocycles. The third-order valence-corrected chi connectivity index (χ3v) is 6.35. The quantitative estimate of drug-likeness (QED) is 0.333. The Morgan fingerprint density at radius 1 is 0.939 bits per heavy atom. The van der Waals surface area contributed by atoms with Crippen LogP contribution < -0.4 is 34.9 Å². The summed E-state index contributed by atoms with van der Waals surface area (Å²) >= 11 is 1.37. The van der Waals surface area contributed by atoms with Crippen molar-refractivity contribution in [3.05, 3.63) is 102 Å². The second kappa shape index (κ2) is 11.5. The van der Waals surface area contributed by atoms with Crippen molar-refractivity contribution in [1.82, 2.24) is 4.37 Å². The van der Waals surface area contributed by atoms with E-state index in [1.165, 1.54) is 22.7 Å². The van der Waals surface area contributed by atoms with Crippen LogP contribution in [0, 0.1) is 13.3 Å². The van der Waals surface area contributed by atoms with Gasteiger partial charge in [-0.15, -0.1) is 12.1 Å². The molecule has 0 radical (unpaired) electrons. The van der Waals surface area contributed by atoms with Crippen LogP contribution >= 0.6 is 11.5 Å². The standard InChI is InChI=1S/C27H25N2O2S.Na/c1-4-20-10-12-22(13-11-20)23-14-16-24(17-15-23)26-25(18(2)29-32-26)28-27(30)31-19(3)21-8-6-5-7-9-21;/h4-17,19H,1-3H3,(H,28,30);/q-1;+1/t19-;/m1./s1. The van der Waals surface area contributed by atoms with Crippen molar-refractivity contribution >= 4 is 23.3 Å². The van der Waals surface area contributed by atoms with E-state index >= 15 is 0 Å². The molecule has 4 rings (SSSR count). The minimum atomic E-state index is -0.490. The van der Waals surface area contributed by atoms with E-state index in [9.17, 15) is 4.79 Å². The smallest absolute Gasteiger partial charge is 0.441 e. The SMILES string of the molecule is C[CH-]c1ccc(-c2ccc(-c3snc(C)c3NC(=O)O[C@H](C)c3ccccc3)cc2)cc1.[Na+]. The van der Waals surface area contributed by atoms with E-state index in [0.717, 1.165) is 27.3 Å². The van der Waals surface area contributed by atoms with Crippen LogP contribution in [0.2, 0.25) is 0 Å². The van der Waals surface area contributed by atoms with Gasteiger partial charge in [-0.1, -0.05) is 61.5 Å². The van der Waals surface area contributed by atoms with Crippen molar-refractivity contribution < 1.29 is 39.1 Å². The molecule has 1 N–H and O–H groups in total. The van der Waals surface area contributed by atoms with Gasteiger partial charge in [-0.05, 0) is 47.6 Å². The molecular weight excluding hydrogens is 439 g/mol. The third-order valence-electron chi connectivity index (χ3n) is 5.37. The number of rotatable bonds is 6. The maximum atomic E-state index is 12.6. The first-order valence-electron chi connectivity index (χ1n) is 10.5. The van der Waals surface area contributed by atoms with Gasteiger partial charge in [-0.25, -0.2) is 4.79 Å². The van der Waals surface area contributed by atoms with Crippen molar-refractivity contribution in [3.63, 3.8) is 0 Å². The van der Waals surface area contributed by atoms with Crippen molar-refractivity contribution in [3.8, 4) is 21.6 Å². The average Bonchev–Trinajstić information content (AvgIpc) is 3.19. The zero-order valence-corrected chi connectivity index (χ0v) is 22.1. The Labute approximate surface area is 221 Å². The second-order valence-electron chi connectivity index (χ2n) is 7.54. The van der Waals surface area contributed by atoms with E-state index in [1.54, 1.807) is 0 Å². The molecule has 0 spiro atoms. The van der Waals surface area contributed by atoms with Crippen LogP contribution in [0.25, 0.3) is 21.6 Å². The molecule has 0 bridgehead atoms. The maximum Gasteiger partial charge on any atom is 1.00 e. The molecule has 0 unspecified atom stereocenters. The molecule has 33 heavy (non-hydrogen) atoms. The van der Waals surface area contributed by atoms with Gasteiger partial charge in [-0.2, -0.15) is 28.5 Å². The van der Waals surface area contributed by atoms with E-state index < -0.39 is 6.09 Å². The van der Waals surface area contributed by atoms with E-state index in [4.69, 9.17) is 4.74 Å². The number of amides is 1. The molecule has 4 nitrogen and oxygen atoms in total. The fourth-order valence-corrected chi connectivity index (χ4v) is 4.33. The van der Waals surface area contributed by atoms with Gasteiger partial charge in [0.1, 0.15) is 6.10 Å². The summed E-state index contributed by atoms with van der Waals surface area (Å²) < 4.78 is 10.0. The molecule has 4 aromatic rings. The molecule has 0 aliphatic carbocycles. The minimum absolute atomic E-state index is 0. The fourth-order valence-electron chi connectivity index (χ4n) is 3.48. The molecule has 3 aromatic carbocycles. The van der Waals surface area contributed by atoms with E-state index in [0.29, 0.717) is 5.69 Å². The number of benzene rings is 3. The topological polar surface area (TPSA) is 51.2 Å². The number of ether oxygens (including phenoxy) is 1. The summed E-state index contributed by atoms with van der Waals surface area (Å²) in [6, 6.07) is 26.5. The number of hydrogen-bond acceptors (Lipinski definition) is 4. The molecule has 0 fully saturated rings. The second-order valence-corrected chi connectivity index (χ2v) is 8.32. The number of aromatic nitrogens is 1. The number of aryl methyl sites for hydroxylation is 1. The zero-order chi connectivity index (χ0) is 22.5. The Kier molecular flexibility index (Phi) is 8.75. The summed E-state index contributed by atoms with van der Waals surface area (Å²) in [6.45, 7) is 5.78. The summed E-state index contributed by atoms with van der Waals surface area (Å²) in [4.78, 5) is 13.5. The summed E-state index contributed by atoms with van der Waals surface area (Å²) in [5.74, 6) is 0. The summed E-state index contributed by atoms with van der Waals surface area (Å²) in [6.07, 6.45) is 1.25. The predicted octanol–water partition coefficient (Wildman–Crippen LogP) is 4.67. The monoisotopic (exact) mass is 464 g/mol. The number of hydrogen-bond donors (Lipinski definition) is 1. The van der Waals surface area contributed by atoms with Gasteiger partial charge in [0.2, 0.25) is 0 Å². The van der Waals surface area contributed by atoms with Crippen molar-refractivity contribution in [2.45, 2.75) is 26.9 Å². The Balaban J connectivity index is 0.00000306. The van der Waals surface area contributed by atoms with Crippen LogP contribution in [0.5, 0.6) is 0 Å².